The average molecular weight is 519 g/mol. The molecule has 1 heterocycles. The molecule has 0 unspecified atom stereocenters. The monoisotopic (exact) mass is 518 g/mol. The van der Waals surface area contributed by atoms with Gasteiger partial charge >= 0.3 is 0 Å². The fraction of sp³-hybridized carbons (Fsp3) is 0.619. The number of nitrogens with one attached hydrogen (secondary N) is 2. The number of aliphatic imine (C=N–C) groups is 1. The van der Waals surface area contributed by atoms with Crippen LogP contribution in [0.4, 0.5) is 0 Å². The Balaban J connectivity index is 0.00000280. The Labute approximate surface area is 190 Å². The van der Waals surface area contributed by atoms with E-state index in [1.165, 1.54) is 18.4 Å². The summed E-state index contributed by atoms with van der Waals surface area (Å²) < 4.78 is 0. The summed E-state index contributed by atoms with van der Waals surface area (Å²) in [5, 5.41) is 6.98. The summed E-state index contributed by atoms with van der Waals surface area (Å²) in [6.45, 7) is 5.68. The molecule has 28 heavy (non-hydrogen) atoms. The van der Waals surface area contributed by atoms with Gasteiger partial charge in [-0.2, -0.15) is 0 Å². The first kappa shape index (κ1) is 23.3. The molecule has 3 rings (SSSR count). The van der Waals surface area contributed by atoms with Gasteiger partial charge in [0.25, 0.3) is 0 Å². The van der Waals surface area contributed by atoms with Gasteiger partial charge in [0.15, 0.2) is 5.96 Å². The first-order valence-corrected chi connectivity index (χ1v) is 10.4. The van der Waals surface area contributed by atoms with Crippen molar-refractivity contribution < 1.29 is 4.79 Å². The van der Waals surface area contributed by atoms with Crippen LogP contribution in [-0.4, -0.2) is 50.0 Å². The van der Waals surface area contributed by atoms with E-state index in [0.29, 0.717) is 12.3 Å². The van der Waals surface area contributed by atoms with Gasteiger partial charge in [-0.05, 0) is 56.2 Å². The minimum atomic E-state index is 0. The third-order valence-corrected chi connectivity index (χ3v) is 6.06. The molecule has 2 N–H and O–H groups in total. The fourth-order valence-electron chi connectivity index (χ4n) is 3.87. The van der Waals surface area contributed by atoms with E-state index in [4.69, 9.17) is 16.6 Å². The van der Waals surface area contributed by atoms with E-state index in [0.717, 1.165) is 50.0 Å². The number of carbonyl (C=O) groups excluding carboxylic acids is 1. The Hall–Kier alpha value is -1.02. The van der Waals surface area contributed by atoms with Gasteiger partial charge < -0.3 is 15.5 Å². The lowest BCUT2D eigenvalue weighted by atomic mass is 9.93. The Bertz CT molecular complexity index is 685. The van der Waals surface area contributed by atoms with E-state index in [2.05, 4.69) is 34.6 Å². The zero-order valence-corrected chi connectivity index (χ0v) is 19.9. The molecule has 1 saturated carbocycles. The number of halogens is 2. The maximum absolute atomic E-state index is 11.6. The minimum Gasteiger partial charge on any atom is -0.359 e. The first-order valence-electron chi connectivity index (χ1n) is 10.1. The van der Waals surface area contributed by atoms with Gasteiger partial charge in [0.2, 0.25) is 5.91 Å². The van der Waals surface area contributed by atoms with Crippen LogP contribution in [0, 0.1) is 5.92 Å². The molecule has 0 bridgehead atoms. The number of nitrogens with zero attached hydrogens (tertiary/aromatic N) is 2. The highest BCUT2D eigenvalue weighted by Crippen LogP contribution is 2.48. The quantitative estimate of drug-likeness (QED) is 0.342. The molecular weight excluding hydrogens is 487 g/mol. The van der Waals surface area contributed by atoms with Crippen molar-refractivity contribution >= 4 is 47.4 Å². The Morgan fingerprint density at radius 3 is 2.61 bits per heavy atom. The number of benzene rings is 1. The second kappa shape index (κ2) is 10.7. The average Bonchev–Trinajstić information content (AvgIpc) is 3.47. The predicted molar refractivity (Wildman–Crippen MR) is 127 cm³/mol. The number of guanidine groups is 1. The van der Waals surface area contributed by atoms with Crippen LogP contribution in [-0.2, 0) is 10.2 Å². The molecule has 0 radical (unpaired) electrons. The number of carbonyl (C=O) groups is 1. The minimum absolute atomic E-state index is 0. The van der Waals surface area contributed by atoms with Crippen molar-refractivity contribution in [2.75, 3.05) is 33.2 Å². The summed E-state index contributed by atoms with van der Waals surface area (Å²) in [6.07, 6.45) is 5.05. The van der Waals surface area contributed by atoms with Gasteiger partial charge in [0, 0.05) is 43.5 Å². The third-order valence-electron chi connectivity index (χ3n) is 5.82. The molecule has 1 amide bonds. The molecule has 1 saturated heterocycles. The van der Waals surface area contributed by atoms with Crippen LogP contribution >= 0.6 is 35.6 Å². The number of piperidine rings is 1. The molecule has 0 spiro atoms. The van der Waals surface area contributed by atoms with Crippen LogP contribution in [0.5, 0.6) is 0 Å². The number of hydrogen-bond acceptors (Lipinski definition) is 2. The lowest BCUT2D eigenvalue weighted by molar-refractivity contribution is -0.121. The largest absolute Gasteiger partial charge is 0.359 e. The van der Waals surface area contributed by atoms with Crippen molar-refractivity contribution in [2.45, 2.75) is 44.4 Å². The van der Waals surface area contributed by atoms with Gasteiger partial charge in [-0.25, -0.2) is 0 Å². The summed E-state index contributed by atoms with van der Waals surface area (Å²) in [6, 6.07) is 8.22. The van der Waals surface area contributed by atoms with Crippen LogP contribution < -0.4 is 10.6 Å². The summed E-state index contributed by atoms with van der Waals surface area (Å²) >= 11 is 6.19. The van der Waals surface area contributed by atoms with Crippen LogP contribution in [0.15, 0.2) is 29.3 Å². The van der Waals surface area contributed by atoms with Crippen molar-refractivity contribution in [1.82, 2.24) is 15.5 Å². The highest BCUT2D eigenvalue weighted by molar-refractivity contribution is 14.0. The molecule has 1 aromatic carbocycles. The second-order valence-electron chi connectivity index (χ2n) is 7.77. The molecule has 5 nitrogen and oxygen atoms in total. The van der Waals surface area contributed by atoms with Gasteiger partial charge in [-0.15, -0.1) is 24.0 Å². The first-order chi connectivity index (χ1) is 13.1. The van der Waals surface area contributed by atoms with E-state index >= 15 is 0 Å². The molecule has 0 atom stereocenters. The van der Waals surface area contributed by atoms with Gasteiger partial charge in [0.1, 0.15) is 0 Å². The molecule has 1 aliphatic heterocycles. The summed E-state index contributed by atoms with van der Waals surface area (Å²) in [4.78, 5) is 18.9. The van der Waals surface area contributed by atoms with E-state index < -0.39 is 0 Å². The van der Waals surface area contributed by atoms with Crippen molar-refractivity contribution in [3.63, 3.8) is 0 Å². The van der Waals surface area contributed by atoms with E-state index in [1.807, 2.05) is 12.1 Å². The zero-order valence-electron chi connectivity index (χ0n) is 16.8. The van der Waals surface area contributed by atoms with E-state index in [-0.39, 0.29) is 35.3 Å². The third kappa shape index (κ3) is 5.99. The smallest absolute Gasteiger partial charge is 0.220 e. The summed E-state index contributed by atoms with van der Waals surface area (Å²) in [7, 11) is 1.71. The van der Waals surface area contributed by atoms with Gasteiger partial charge in [-0.3, -0.25) is 9.79 Å². The molecule has 2 aliphatic rings. The van der Waals surface area contributed by atoms with Crippen LogP contribution in [0.2, 0.25) is 5.02 Å². The van der Waals surface area contributed by atoms with Crippen LogP contribution in [0.25, 0.3) is 0 Å². The normalized spacial score (nSPS) is 19.0. The molecule has 0 aromatic heterocycles. The SMILES string of the molecule is CCNC(=NCC1(c2cccc(Cl)c2)CC1)N1CCC(CC(=O)NC)CC1.I. The molecule has 7 heteroatoms. The molecular formula is C21H32ClIN4O. The number of hydrogen-bond donors (Lipinski definition) is 2. The molecule has 2 fully saturated rings. The molecule has 156 valence electrons. The van der Waals surface area contributed by atoms with E-state index in [9.17, 15) is 4.79 Å². The standard InChI is InChI=1S/C21H31ClN4O.HI/c1-3-24-20(26-11-7-16(8-12-26)13-19(27)23-2)25-15-21(9-10-21)17-5-4-6-18(22)14-17;/h4-6,14,16H,3,7-13,15H2,1-2H3,(H,23,27)(H,24,25);1H. The van der Waals surface area contributed by atoms with Crippen LogP contribution in [0.1, 0.15) is 44.6 Å². The van der Waals surface area contributed by atoms with Gasteiger partial charge in [-0.1, -0.05) is 23.7 Å². The number of rotatable bonds is 6. The second-order valence-corrected chi connectivity index (χ2v) is 8.21. The summed E-state index contributed by atoms with van der Waals surface area (Å²) in [5.41, 5.74) is 1.46. The lowest BCUT2D eigenvalue weighted by Gasteiger charge is -2.34. The molecule has 1 aliphatic carbocycles. The Morgan fingerprint density at radius 1 is 1.32 bits per heavy atom. The Morgan fingerprint density at radius 2 is 2.04 bits per heavy atom. The van der Waals surface area contributed by atoms with Crippen LogP contribution in [0.3, 0.4) is 0 Å². The summed E-state index contributed by atoms with van der Waals surface area (Å²) in [5.74, 6) is 1.63. The number of amides is 1. The van der Waals surface area contributed by atoms with Crippen molar-refractivity contribution in [1.29, 1.82) is 0 Å². The van der Waals surface area contributed by atoms with Gasteiger partial charge in [0.05, 0.1) is 6.54 Å². The highest BCUT2D eigenvalue weighted by atomic mass is 127. The lowest BCUT2D eigenvalue weighted by Crippen LogP contribution is -2.46. The van der Waals surface area contributed by atoms with Crippen molar-refractivity contribution in [2.24, 2.45) is 10.9 Å². The number of likely N-dealkylation sites (tertiary alicyclic amines) is 1. The zero-order chi connectivity index (χ0) is 19.3. The highest BCUT2D eigenvalue weighted by Gasteiger charge is 2.44. The van der Waals surface area contributed by atoms with Crippen molar-refractivity contribution in [3.8, 4) is 0 Å². The topological polar surface area (TPSA) is 56.7 Å². The predicted octanol–water partition coefficient (Wildman–Crippen LogP) is 3.80. The van der Waals surface area contributed by atoms with E-state index in [1.54, 1.807) is 7.05 Å². The maximum Gasteiger partial charge on any atom is 0.220 e. The molecule has 1 aromatic rings. The fourth-order valence-corrected chi connectivity index (χ4v) is 4.06. The Kier molecular flexibility index (Phi) is 8.86. The maximum atomic E-state index is 11.6. The van der Waals surface area contributed by atoms with Crippen molar-refractivity contribution in [3.05, 3.63) is 34.9 Å².